The largest absolute Gasteiger partial charge is 0.508 e. The summed E-state index contributed by atoms with van der Waals surface area (Å²) in [6, 6.07) is 20.6. The fourth-order valence-corrected chi connectivity index (χ4v) is 12.9. The Labute approximate surface area is 577 Å². The van der Waals surface area contributed by atoms with Gasteiger partial charge in [0, 0.05) is 78.2 Å². The van der Waals surface area contributed by atoms with E-state index in [1.54, 1.807) is 38.1 Å². The molecule has 0 radical (unpaired) electrons. The zero-order valence-corrected chi connectivity index (χ0v) is 58.2. The summed E-state index contributed by atoms with van der Waals surface area (Å²) in [7, 11) is 3.13. The highest BCUT2D eigenvalue weighted by atomic mass is 79.9. The Hall–Kier alpha value is -8.11. The van der Waals surface area contributed by atoms with Crippen LogP contribution < -0.4 is 30.9 Å². The van der Waals surface area contributed by atoms with E-state index >= 15 is 0 Å². The van der Waals surface area contributed by atoms with Gasteiger partial charge in [-0.05, 0) is 148 Å². The summed E-state index contributed by atoms with van der Waals surface area (Å²) in [4.78, 5) is 82.6. The number of nitrogens with one attached hydrogen (secondary N) is 1. The van der Waals surface area contributed by atoms with Crippen molar-refractivity contribution in [2.24, 2.45) is 10.8 Å². The molecule has 0 unspecified atom stereocenters. The van der Waals surface area contributed by atoms with Gasteiger partial charge in [0.2, 0.25) is 6.43 Å². The van der Waals surface area contributed by atoms with Crippen LogP contribution in [-0.2, 0) is 46.5 Å². The van der Waals surface area contributed by atoms with Crippen molar-refractivity contribution < 1.29 is 94.1 Å². The third-order valence-electron chi connectivity index (χ3n) is 18.8. The van der Waals surface area contributed by atoms with Gasteiger partial charge in [-0.25, -0.2) is 40.7 Å². The number of aryl methyl sites for hydroxylation is 1. The van der Waals surface area contributed by atoms with E-state index in [2.05, 4.69) is 78.0 Å². The lowest BCUT2D eigenvalue weighted by Gasteiger charge is -2.44. The molecule has 12 rings (SSSR count). The SMILES string of the molecule is CCOC(=O)c1cn2c(cc1=O)-c1cc(COC)c(O)cc1[C@H]1CCC(C)(C)N12.COCc1cc2c(cc1OCCCOC(=O)NC1(C(F)F)CC1)[C@H]1CCC(C)(C)N1n1cc(C(=O)O)c(=O)cc1-2.Cc1ccccc1.O=C(CC1(C(F)F)CC1)OCCCBr.O=C(O)C1(C(F)F)CC1. The number of carboxylic acids is 2. The van der Waals surface area contributed by atoms with Crippen molar-refractivity contribution in [3.8, 4) is 34.0 Å². The number of methoxy groups -OCH3 is 2. The predicted octanol–water partition coefficient (Wildman–Crippen LogP) is 13.2. The molecule has 4 aliphatic heterocycles. The summed E-state index contributed by atoms with van der Waals surface area (Å²) < 4.78 is 110. The van der Waals surface area contributed by atoms with Gasteiger partial charge in [0.15, 0.2) is 10.9 Å². The molecule has 2 atom stereocenters. The lowest BCUT2D eigenvalue weighted by molar-refractivity contribution is -0.149. The number of esters is 2. The minimum atomic E-state index is -2.70. The van der Waals surface area contributed by atoms with Crippen molar-refractivity contribution in [1.29, 1.82) is 0 Å². The second kappa shape index (κ2) is 32.0. The van der Waals surface area contributed by atoms with E-state index in [1.165, 1.54) is 23.9 Å². The van der Waals surface area contributed by atoms with E-state index in [0.29, 0.717) is 55.0 Å². The first-order valence-corrected chi connectivity index (χ1v) is 33.9. The predicted molar refractivity (Wildman–Crippen MR) is 358 cm³/mol. The number of ether oxygens (including phenoxy) is 6. The summed E-state index contributed by atoms with van der Waals surface area (Å²) in [6.45, 7) is 13.5. The highest BCUT2D eigenvalue weighted by Gasteiger charge is 2.58. The van der Waals surface area contributed by atoms with Gasteiger partial charge < -0.3 is 49.1 Å². The molecule has 1 amide bonds. The number of benzene rings is 3. The molecule has 3 aromatic carbocycles. The summed E-state index contributed by atoms with van der Waals surface area (Å²) >= 11 is 3.19. The van der Waals surface area contributed by atoms with Gasteiger partial charge in [0.05, 0.1) is 80.6 Å². The summed E-state index contributed by atoms with van der Waals surface area (Å²) in [5, 5.41) is 35.6. The van der Waals surface area contributed by atoms with Crippen molar-refractivity contribution in [3.05, 3.63) is 139 Å². The number of rotatable bonds is 22. The molecule has 4 N–H and O–H groups in total. The van der Waals surface area contributed by atoms with Gasteiger partial charge in [-0.3, -0.25) is 38.5 Å². The number of alkyl halides is 7. The first kappa shape index (κ1) is 76.6. The molecule has 28 heteroatoms. The average Bonchev–Trinajstić information content (AvgIpc) is 1.67. The molecule has 5 fully saturated rings. The molecule has 0 spiro atoms. The maximum absolute atomic E-state index is 13.0. The molecular formula is C71H86BrF6N5O16. The molecule has 21 nitrogen and oxygen atoms in total. The van der Waals surface area contributed by atoms with Crippen molar-refractivity contribution in [3.63, 3.8) is 0 Å². The monoisotopic (exact) mass is 1460 g/mol. The van der Waals surface area contributed by atoms with Crippen LogP contribution in [0.3, 0.4) is 0 Å². The highest BCUT2D eigenvalue weighted by molar-refractivity contribution is 9.09. The number of aliphatic carboxylic acids is 1. The number of carbonyl (C=O) groups excluding carboxylic acids is 3. The van der Waals surface area contributed by atoms with Gasteiger partial charge in [-0.15, -0.1) is 0 Å². The highest BCUT2D eigenvalue weighted by Crippen LogP contribution is 2.55. The number of amides is 1. The van der Waals surface area contributed by atoms with Crippen LogP contribution in [0, 0.1) is 17.8 Å². The van der Waals surface area contributed by atoms with Gasteiger partial charge in [-0.2, -0.15) is 0 Å². The average molecular weight is 1460 g/mol. The third kappa shape index (κ3) is 17.6. The molecule has 3 aliphatic carbocycles. The van der Waals surface area contributed by atoms with Crippen LogP contribution in [0.25, 0.3) is 22.5 Å². The first-order valence-electron chi connectivity index (χ1n) is 32.8. The van der Waals surface area contributed by atoms with Crippen LogP contribution in [0.15, 0.2) is 88.7 Å². The number of fused-ring (bicyclic) bond motifs is 12. The lowest BCUT2D eigenvalue weighted by Crippen LogP contribution is -2.50. The molecule has 3 saturated carbocycles. The molecule has 5 aromatic rings. The van der Waals surface area contributed by atoms with E-state index in [9.17, 15) is 70.1 Å². The number of aromatic hydroxyl groups is 1. The standard InChI is InChI=1S/C28H33F2N3O7.C22H26N2O5.C9H13BrF2O2.C7H8.C5H6F2O2/c1-27(2)6-5-20-18-12-23(39-9-4-10-40-26(37)31-28(7-8-28)25(29)30)16(15-38-3)11-17(18)21-13-22(34)19(24(35)36)14-32(21)33(20)27;1-5-29-21(27)16-11-23-18(10-20(16)26)14-8-13(12-28-4)19(25)9-15(14)17-6-7-22(2,3)24(17)23;10-4-1-5-14-7(13)6-9(2-3-9)8(11)12;1-7-5-3-2-4-6-7;6-3(7)5(1-2-5)4(8)9/h11-14,20,25H,4-10,15H2,1-3H3,(H,31,37)(H,35,36);8-11,17,25H,5-7,12H2,1-4H3;8H,1-6H2;2-6H,1H3;3H,1-2H2,(H,8,9)/t20-;17-;;;/m11.../s1. The summed E-state index contributed by atoms with van der Waals surface area (Å²) in [5.41, 5.74) is 1.77. The van der Waals surface area contributed by atoms with Crippen LogP contribution in [0.5, 0.6) is 11.5 Å². The van der Waals surface area contributed by atoms with E-state index in [0.717, 1.165) is 58.8 Å². The minimum Gasteiger partial charge on any atom is -0.508 e. The number of pyridine rings is 2. The molecule has 2 aromatic heterocycles. The molecule has 2 saturated heterocycles. The van der Waals surface area contributed by atoms with Crippen molar-refractivity contribution >= 4 is 45.9 Å². The maximum atomic E-state index is 13.0. The zero-order chi connectivity index (χ0) is 72.5. The van der Waals surface area contributed by atoms with Crippen LogP contribution in [0.4, 0.5) is 31.1 Å². The van der Waals surface area contributed by atoms with E-state index in [1.807, 2.05) is 41.1 Å². The Morgan fingerprint density at radius 1 is 0.646 bits per heavy atom. The number of phenols is 1. The number of carboxylic acid groups (broad SMARTS) is 2. The van der Waals surface area contributed by atoms with Crippen LogP contribution in [0.1, 0.15) is 179 Å². The minimum absolute atomic E-state index is 0.00248. The molecule has 540 valence electrons. The quantitative estimate of drug-likeness (QED) is 0.0165. The third-order valence-corrected chi connectivity index (χ3v) is 19.4. The number of hydrogen-bond acceptors (Lipinski definition) is 16. The molecule has 7 aliphatic rings. The smallest absolute Gasteiger partial charge is 0.407 e. The van der Waals surface area contributed by atoms with Gasteiger partial charge in [0.25, 0.3) is 12.9 Å². The first-order chi connectivity index (χ1) is 46.8. The van der Waals surface area contributed by atoms with E-state index in [-0.39, 0.29) is 111 Å². The van der Waals surface area contributed by atoms with E-state index in [4.69, 9.17) is 33.5 Å². The molecule has 99 heavy (non-hydrogen) atoms. The fourth-order valence-electron chi connectivity index (χ4n) is 12.6. The van der Waals surface area contributed by atoms with Crippen LogP contribution >= 0.6 is 15.9 Å². The Morgan fingerprint density at radius 2 is 1.18 bits per heavy atom. The Bertz CT molecular complexity index is 3860. The number of halogens is 7. The second-order valence-corrected chi connectivity index (χ2v) is 27.7. The Balaban J connectivity index is 0.000000182. The normalized spacial score (nSPS) is 18.6. The lowest BCUT2D eigenvalue weighted by atomic mass is 9.92. The maximum Gasteiger partial charge on any atom is 0.407 e. The van der Waals surface area contributed by atoms with Gasteiger partial charge in [-0.1, -0.05) is 51.8 Å². The van der Waals surface area contributed by atoms with Crippen molar-refractivity contribution in [2.75, 3.05) is 56.0 Å². The van der Waals surface area contributed by atoms with Gasteiger partial charge in [0.1, 0.15) is 33.6 Å². The second-order valence-electron chi connectivity index (χ2n) is 26.9. The van der Waals surface area contributed by atoms with E-state index < -0.39 is 71.0 Å². The molecule has 6 heterocycles. The van der Waals surface area contributed by atoms with Crippen LogP contribution in [0.2, 0.25) is 0 Å². The Kier molecular flexibility index (Phi) is 24.8. The topological polar surface area (TPSA) is 264 Å². The zero-order valence-electron chi connectivity index (χ0n) is 56.6. The number of aromatic nitrogens is 2. The number of phenolic OH excluding ortho intramolecular Hbond substituents is 1. The molecule has 0 bridgehead atoms. The number of aromatic carboxylic acids is 1. The van der Waals surface area contributed by atoms with Crippen molar-refractivity contribution in [1.82, 2.24) is 14.7 Å². The van der Waals surface area contributed by atoms with Gasteiger partial charge >= 0.3 is 30.0 Å². The number of carbonyl (C=O) groups is 5. The fraction of sp³-hybridized carbons (Fsp3) is 0.535. The number of hydrogen-bond donors (Lipinski definition) is 4. The summed E-state index contributed by atoms with van der Waals surface area (Å²) in [5.74, 6) is -2.97. The number of alkyl carbamates (subject to hydrolysis) is 1. The number of nitrogens with zero attached hydrogens (tertiary/aromatic N) is 4. The Morgan fingerprint density at radius 3 is 1.64 bits per heavy atom. The van der Waals surface area contributed by atoms with Crippen molar-refractivity contribution in [2.45, 2.75) is 186 Å². The molecular weight excluding hydrogens is 1370 g/mol. The van der Waals surface area contributed by atoms with Crippen LogP contribution in [-0.4, -0.2) is 137 Å². The summed E-state index contributed by atoms with van der Waals surface area (Å²) in [6.07, 6.45) is 0.475.